The molecule has 3 nitrogen and oxygen atoms in total. The second-order valence-corrected chi connectivity index (χ2v) is 5.24. The molecule has 3 rings (SSSR count). The molecule has 1 aliphatic rings. The van der Waals surface area contributed by atoms with Crippen LogP contribution in [0.15, 0.2) is 54.6 Å². The molecule has 0 aromatic heterocycles. The molecule has 2 aromatic rings. The molecule has 1 saturated heterocycles. The highest BCUT2D eigenvalue weighted by Gasteiger charge is 2.18. The van der Waals surface area contributed by atoms with E-state index in [9.17, 15) is 4.79 Å². The van der Waals surface area contributed by atoms with Crippen LogP contribution in [0.1, 0.15) is 12.8 Å². The quantitative estimate of drug-likeness (QED) is 0.860. The van der Waals surface area contributed by atoms with Gasteiger partial charge in [-0.3, -0.25) is 4.79 Å². The molecule has 1 aliphatic heterocycles. The molecule has 0 spiro atoms. The summed E-state index contributed by atoms with van der Waals surface area (Å²) >= 11 is 0. The maximum atomic E-state index is 12.1. The zero-order valence-corrected chi connectivity index (χ0v) is 12.0. The van der Waals surface area contributed by atoms with Gasteiger partial charge in [-0.05, 0) is 24.5 Å². The molecule has 3 heteroatoms. The summed E-state index contributed by atoms with van der Waals surface area (Å²) in [5.74, 6) is 0.839. The first-order valence-corrected chi connectivity index (χ1v) is 7.39. The highest BCUT2D eigenvalue weighted by Crippen LogP contribution is 2.29. The molecule has 108 valence electrons. The van der Waals surface area contributed by atoms with E-state index in [0.29, 0.717) is 0 Å². The molecular weight excluding hydrogens is 262 g/mol. The molecule has 1 fully saturated rings. The summed E-state index contributed by atoms with van der Waals surface area (Å²) in [5, 5.41) is 0. The third-order valence-electron chi connectivity index (χ3n) is 3.78. The van der Waals surface area contributed by atoms with Crippen molar-refractivity contribution in [1.82, 2.24) is 4.90 Å². The molecule has 21 heavy (non-hydrogen) atoms. The van der Waals surface area contributed by atoms with E-state index in [1.807, 2.05) is 59.5 Å². The summed E-state index contributed by atoms with van der Waals surface area (Å²) < 4.78 is 5.77. The normalized spacial score (nSPS) is 14.2. The van der Waals surface area contributed by atoms with Gasteiger partial charge in [-0.15, -0.1) is 0 Å². The Morgan fingerprint density at radius 1 is 0.952 bits per heavy atom. The van der Waals surface area contributed by atoms with Gasteiger partial charge in [0.25, 0.3) is 5.91 Å². The fourth-order valence-corrected chi connectivity index (χ4v) is 2.65. The summed E-state index contributed by atoms with van der Waals surface area (Å²) in [6.45, 7) is 1.84. The first-order valence-electron chi connectivity index (χ1n) is 7.39. The van der Waals surface area contributed by atoms with E-state index in [1.165, 1.54) is 0 Å². The monoisotopic (exact) mass is 281 g/mol. The number of ether oxygens (including phenoxy) is 1. The van der Waals surface area contributed by atoms with Gasteiger partial charge in [-0.25, -0.2) is 0 Å². The molecule has 2 aromatic carbocycles. The molecule has 0 bridgehead atoms. The number of amides is 1. The second-order valence-electron chi connectivity index (χ2n) is 5.24. The molecule has 0 atom stereocenters. The van der Waals surface area contributed by atoms with E-state index in [2.05, 4.69) is 0 Å². The van der Waals surface area contributed by atoms with Gasteiger partial charge in [0.15, 0.2) is 6.61 Å². The Labute approximate surface area is 125 Å². The van der Waals surface area contributed by atoms with E-state index in [4.69, 9.17) is 4.74 Å². The lowest BCUT2D eigenvalue weighted by molar-refractivity contribution is -0.132. The number of para-hydroxylation sites is 1. The standard InChI is InChI=1S/C18H19NO2/c20-18(19-12-6-7-13-19)14-21-17-11-5-4-10-16(17)15-8-2-1-3-9-15/h1-5,8-11H,6-7,12-14H2. The van der Waals surface area contributed by atoms with Gasteiger partial charge in [0, 0.05) is 18.7 Å². The van der Waals surface area contributed by atoms with E-state index in [0.717, 1.165) is 42.8 Å². The fourth-order valence-electron chi connectivity index (χ4n) is 2.65. The molecule has 0 radical (unpaired) electrons. The molecule has 1 heterocycles. The van der Waals surface area contributed by atoms with E-state index < -0.39 is 0 Å². The van der Waals surface area contributed by atoms with Crippen LogP contribution in [0.25, 0.3) is 11.1 Å². The Hall–Kier alpha value is -2.29. The third-order valence-corrected chi connectivity index (χ3v) is 3.78. The minimum absolute atomic E-state index is 0.0790. The Morgan fingerprint density at radius 3 is 2.38 bits per heavy atom. The highest BCUT2D eigenvalue weighted by atomic mass is 16.5. The van der Waals surface area contributed by atoms with Crippen LogP contribution in [0, 0.1) is 0 Å². The maximum absolute atomic E-state index is 12.1. The van der Waals surface area contributed by atoms with Crippen LogP contribution in [-0.2, 0) is 4.79 Å². The zero-order valence-electron chi connectivity index (χ0n) is 12.0. The summed E-state index contributed by atoms with van der Waals surface area (Å²) in [6, 6.07) is 17.9. The highest BCUT2D eigenvalue weighted by molar-refractivity contribution is 5.78. The van der Waals surface area contributed by atoms with Crippen molar-refractivity contribution in [1.29, 1.82) is 0 Å². The van der Waals surface area contributed by atoms with Crippen molar-refractivity contribution >= 4 is 5.91 Å². The first kappa shape index (κ1) is 13.7. The van der Waals surface area contributed by atoms with Crippen LogP contribution >= 0.6 is 0 Å². The number of likely N-dealkylation sites (tertiary alicyclic amines) is 1. The van der Waals surface area contributed by atoms with Crippen molar-refractivity contribution in [3.63, 3.8) is 0 Å². The van der Waals surface area contributed by atoms with Crippen LogP contribution in [0.3, 0.4) is 0 Å². The Kier molecular flexibility index (Phi) is 4.20. The van der Waals surface area contributed by atoms with Gasteiger partial charge in [-0.2, -0.15) is 0 Å². The molecule has 0 aliphatic carbocycles. The molecule has 0 saturated carbocycles. The lowest BCUT2D eigenvalue weighted by atomic mass is 10.1. The predicted molar refractivity (Wildman–Crippen MR) is 83.2 cm³/mol. The molecule has 1 amide bonds. The number of nitrogens with zero attached hydrogens (tertiary/aromatic N) is 1. The maximum Gasteiger partial charge on any atom is 0.260 e. The fraction of sp³-hybridized carbons (Fsp3) is 0.278. The average Bonchev–Trinajstić information content (AvgIpc) is 3.08. The Morgan fingerprint density at radius 2 is 1.62 bits per heavy atom. The average molecular weight is 281 g/mol. The van der Waals surface area contributed by atoms with Gasteiger partial charge >= 0.3 is 0 Å². The Bertz CT molecular complexity index is 604. The Balaban J connectivity index is 1.72. The summed E-state index contributed by atoms with van der Waals surface area (Å²) in [7, 11) is 0. The predicted octanol–water partition coefficient (Wildman–Crippen LogP) is 3.35. The van der Waals surface area contributed by atoms with Crippen molar-refractivity contribution in [2.45, 2.75) is 12.8 Å². The second kappa shape index (κ2) is 6.44. The van der Waals surface area contributed by atoms with Crippen LogP contribution in [0.4, 0.5) is 0 Å². The van der Waals surface area contributed by atoms with Crippen LogP contribution in [-0.4, -0.2) is 30.5 Å². The minimum atomic E-state index is 0.0790. The number of carbonyl (C=O) groups excluding carboxylic acids is 1. The number of carbonyl (C=O) groups is 1. The summed E-state index contributed by atoms with van der Waals surface area (Å²) in [5.41, 5.74) is 2.12. The lowest BCUT2D eigenvalue weighted by Gasteiger charge is -2.17. The van der Waals surface area contributed by atoms with Gasteiger partial charge in [0.2, 0.25) is 0 Å². The molecule has 0 unspecified atom stereocenters. The van der Waals surface area contributed by atoms with Crippen LogP contribution in [0.5, 0.6) is 5.75 Å². The van der Waals surface area contributed by atoms with E-state index >= 15 is 0 Å². The number of benzene rings is 2. The first-order chi connectivity index (χ1) is 10.3. The van der Waals surface area contributed by atoms with Crippen LogP contribution in [0.2, 0.25) is 0 Å². The third kappa shape index (κ3) is 3.24. The zero-order chi connectivity index (χ0) is 14.5. The van der Waals surface area contributed by atoms with Crippen molar-refractivity contribution in [3.8, 4) is 16.9 Å². The summed E-state index contributed by atoms with van der Waals surface area (Å²) in [4.78, 5) is 13.9. The summed E-state index contributed by atoms with van der Waals surface area (Å²) in [6.07, 6.45) is 2.21. The van der Waals surface area contributed by atoms with Crippen LogP contribution < -0.4 is 4.74 Å². The topological polar surface area (TPSA) is 29.5 Å². The largest absolute Gasteiger partial charge is 0.483 e. The van der Waals surface area contributed by atoms with Crippen molar-refractivity contribution < 1.29 is 9.53 Å². The van der Waals surface area contributed by atoms with Crippen molar-refractivity contribution in [2.24, 2.45) is 0 Å². The lowest BCUT2D eigenvalue weighted by Crippen LogP contribution is -2.32. The van der Waals surface area contributed by atoms with Crippen molar-refractivity contribution in [3.05, 3.63) is 54.6 Å². The van der Waals surface area contributed by atoms with Gasteiger partial charge in [0.05, 0.1) is 0 Å². The van der Waals surface area contributed by atoms with Gasteiger partial charge in [-0.1, -0.05) is 48.5 Å². The number of hydrogen-bond donors (Lipinski definition) is 0. The smallest absolute Gasteiger partial charge is 0.260 e. The number of rotatable bonds is 4. The van der Waals surface area contributed by atoms with E-state index in [-0.39, 0.29) is 12.5 Å². The van der Waals surface area contributed by atoms with Gasteiger partial charge < -0.3 is 9.64 Å². The van der Waals surface area contributed by atoms with Crippen molar-refractivity contribution in [2.75, 3.05) is 19.7 Å². The van der Waals surface area contributed by atoms with Gasteiger partial charge in [0.1, 0.15) is 5.75 Å². The molecular formula is C18H19NO2. The molecule has 0 N–H and O–H groups in total. The SMILES string of the molecule is O=C(COc1ccccc1-c1ccccc1)N1CCCC1. The number of hydrogen-bond acceptors (Lipinski definition) is 2. The van der Waals surface area contributed by atoms with E-state index in [1.54, 1.807) is 0 Å². The minimum Gasteiger partial charge on any atom is -0.483 e.